The molecule has 0 aliphatic carbocycles. The summed E-state index contributed by atoms with van der Waals surface area (Å²) >= 11 is 0. The van der Waals surface area contributed by atoms with Crippen molar-refractivity contribution >= 4 is 20.7 Å². The van der Waals surface area contributed by atoms with Crippen molar-refractivity contribution in [2.75, 3.05) is 6.61 Å². The van der Waals surface area contributed by atoms with Crippen LogP contribution in [0.5, 0.6) is 0 Å². The lowest BCUT2D eigenvalue weighted by atomic mass is 9.98. The molecular weight excluding hydrogens is 326 g/mol. The van der Waals surface area contributed by atoms with Crippen LogP contribution in [0.3, 0.4) is 0 Å². The van der Waals surface area contributed by atoms with Crippen molar-refractivity contribution in [2.45, 2.75) is 30.6 Å². The molecule has 0 spiro atoms. The third-order valence-electron chi connectivity index (χ3n) is 2.39. The van der Waals surface area contributed by atoms with Crippen molar-refractivity contribution in [1.82, 2.24) is 4.72 Å². The highest BCUT2D eigenvalue weighted by Crippen LogP contribution is 2.23. The molecule has 1 aliphatic rings. The van der Waals surface area contributed by atoms with E-state index in [-0.39, 0.29) is 0 Å². The molecule has 120 valence electrons. The predicted octanol–water partition coefficient (Wildman–Crippen LogP) is -3.99. The summed E-state index contributed by atoms with van der Waals surface area (Å²) < 4.78 is 69.7. The van der Waals surface area contributed by atoms with Crippen LogP contribution in [0, 0.1) is 0 Å². The molecule has 1 fully saturated rings. The van der Waals surface area contributed by atoms with Gasteiger partial charge in [-0.3, -0.25) is 9.11 Å². The lowest BCUT2D eigenvalue weighted by molar-refractivity contribution is -0.246. The third kappa shape index (κ3) is 4.85. The van der Waals surface area contributed by atoms with Gasteiger partial charge in [-0.2, -0.15) is 21.6 Å². The zero-order valence-electron chi connectivity index (χ0n) is 9.60. The summed E-state index contributed by atoms with van der Waals surface area (Å²) in [6, 6.07) is -1.89. The predicted molar refractivity (Wildman–Crippen MR) is 58.9 cm³/mol. The molecular formula is C6H13NO11S2. The SMILES string of the molecule is O=S(=O)(O)N[C@H]1C(O)O[C@H](CO)[C@H](OS(=O)(=O)O)[C@@H]1O. The largest absolute Gasteiger partial charge is 0.397 e. The first-order chi connectivity index (χ1) is 8.94. The molecule has 0 aromatic heterocycles. The standard InChI is InChI=1S/C6H13NO11S2/c8-1-2-5(18-20(14,15)16)4(9)3(6(10)17-2)7-19(11,12)13/h2-10H,1H2,(H,11,12,13)(H,14,15,16)/t2-,3-,4-,5+,6?/m1/s1. The average molecular weight is 339 g/mol. The Labute approximate surface area is 113 Å². The summed E-state index contributed by atoms with van der Waals surface area (Å²) in [6.07, 6.45) is -7.55. The Morgan fingerprint density at radius 2 is 1.70 bits per heavy atom. The van der Waals surface area contributed by atoms with Crippen molar-refractivity contribution in [3.05, 3.63) is 0 Å². The first kappa shape index (κ1) is 17.6. The minimum atomic E-state index is -5.06. The molecule has 0 saturated carbocycles. The third-order valence-corrected chi connectivity index (χ3v) is 3.43. The molecule has 6 N–H and O–H groups in total. The number of ether oxygens (including phenoxy) is 1. The van der Waals surface area contributed by atoms with Crippen molar-refractivity contribution in [3.63, 3.8) is 0 Å². The van der Waals surface area contributed by atoms with E-state index in [9.17, 15) is 27.0 Å². The van der Waals surface area contributed by atoms with Crippen molar-refractivity contribution < 1.29 is 50.2 Å². The number of rotatable bonds is 5. The number of hydrogen-bond acceptors (Lipinski definition) is 9. The summed E-state index contributed by atoms with van der Waals surface area (Å²) in [7, 11) is -9.92. The molecule has 14 heteroatoms. The van der Waals surface area contributed by atoms with Crippen molar-refractivity contribution in [3.8, 4) is 0 Å². The first-order valence-electron chi connectivity index (χ1n) is 4.97. The van der Waals surface area contributed by atoms with Gasteiger partial charge >= 0.3 is 20.7 Å². The topological polar surface area (TPSA) is 200 Å². The van der Waals surface area contributed by atoms with Gasteiger partial charge in [-0.05, 0) is 0 Å². The Morgan fingerprint density at radius 1 is 1.15 bits per heavy atom. The van der Waals surface area contributed by atoms with Gasteiger partial charge in [-0.25, -0.2) is 4.18 Å². The summed E-state index contributed by atoms with van der Waals surface area (Å²) in [5, 5.41) is 28.1. The summed E-state index contributed by atoms with van der Waals surface area (Å²) in [6.45, 7) is -0.910. The lowest BCUT2D eigenvalue weighted by Gasteiger charge is -2.40. The molecule has 0 radical (unpaired) electrons. The highest BCUT2D eigenvalue weighted by Gasteiger charge is 2.48. The maximum atomic E-state index is 10.6. The molecule has 20 heavy (non-hydrogen) atoms. The van der Waals surface area contributed by atoms with E-state index in [1.54, 1.807) is 0 Å². The minimum absolute atomic E-state index is 0.910. The first-order valence-corrected chi connectivity index (χ1v) is 7.78. The van der Waals surface area contributed by atoms with Crippen LogP contribution in [0.15, 0.2) is 0 Å². The van der Waals surface area contributed by atoms with Crippen molar-refractivity contribution in [1.29, 1.82) is 0 Å². The van der Waals surface area contributed by atoms with Crippen LogP contribution in [0.1, 0.15) is 0 Å². The zero-order chi connectivity index (χ0) is 15.7. The van der Waals surface area contributed by atoms with Gasteiger partial charge in [-0.1, -0.05) is 0 Å². The van der Waals surface area contributed by atoms with Crippen LogP contribution in [0.4, 0.5) is 0 Å². The quantitative estimate of drug-likeness (QED) is 0.267. The maximum absolute atomic E-state index is 10.6. The van der Waals surface area contributed by atoms with Gasteiger partial charge in [0.25, 0.3) is 0 Å². The maximum Gasteiger partial charge on any atom is 0.397 e. The molecule has 12 nitrogen and oxygen atoms in total. The van der Waals surface area contributed by atoms with Gasteiger partial charge in [-0.15, -0.1) is 0 Å². The Balaban J connectivity index is 3.01. The minimum Gasteiger partial charge on any atom is -0.394 e. The van der Waals surface area contributed by atoms with Crippen LogP contribution < -0.4 is 4.72 Å². The molecule has 0 amide bonds. The van der Waals surface area contributed by atoms with E-state index >= 15 is 0 Å². The Morgan fingerprint density at radius 3 is 2.10 bits per heavy atom. The highest BCUT2D eigenvalue weighted by molar-refractivity contribution is 7.83. The monoisotopic (exact) mass is 339 g/mol. The number of hydrogen-bond donors (Lipinski definition) is 6. The zero-order valence-corrected chi connectivity index (χ0v) is 11.2. The van der Waals surface area contributed by atoms with Gasteiger partial charge in [0.2, 0.25) is 0 Å². The normalized spacial score (nSPS) is 36.0. The smallest absolute Gasteiger partial charge is 0.394 e. The van der Waals surface area contributed by atoms with E-state index in [0.717, 1.165) is 0 Å². The second-order valence-corrected chi connectivity index (χ2v) is 6.08. The van der Waals surface area contributed by atoms with E-state index in [1.807, 2.05) is 0 Å². The van der Waals surface area contributed by atoms with E-state index in [2.05, 4.69) is 8.92 Å². The Hall–Kier alpha value is -0.420. The summed E-state index contributed by atoms with van der Waals surface area (Å²) in [4.78, 5) is 0. The highest BCUT2D eigenvalue weighted by atomic mass is 32.3. The Kier molecular flexibility index (Phi) is 5.41. The fourth-order valence-corrected chi connectivity index (χ4v) is 2.76. The van der Waals surface area contributed by atoms with Gasteiger partial charge in [0.1, 0.15) is 24.4 Å². The summed E-state index contributed by atoms with van der Waals surface area (Å²) in [5.41, 5.74) is 0. The molecule has 1 rings (SSSR count). The van der Waals surface area contributed by atoms with Gasteiger partial charge < -0.3 is 20.1 Å². The summed E-state index contributed by atoms with van der Waals surface area (Å²) in [5.74, 6) is 0. The van der Waals surface area contributed by atoms with Gasteiger partial charge in [0.05, 0.1) is 6.61 Å². The fraction of sp³-hybridized carbons (Fsp3) is 1.00. The molecule has 5 atom stereocenters. The molecule has 0 aromatic carbocycles. The van der Waals surface area contributed by atoms with E-state index in [0.29, 0.717) is 0 Å². The fourth-order valence-electron chi connectivity index (χ4n) is 1.64. The number of aliphatic hydroxyl groups is 3. The number of nitrogens with one attached hydrogen (secondary N) is 1. The van der Waals surface area contributed by atoms with Crippen LogP contribution in [-0.4, -0.2) is 78.5 Å². The molecule has 1 heterocycles. The number of aliphatic hydroxyl groups excluding tert-OH is 3. The molecule has 1 aliphatic heterocycles. The van der Waals surface area contributed by atoms with Gasteiger partial charge in [0.15, 0.2) is 6.29 Å². The lowest BCUT2D eigenvalue weighted by Crippen LogP contribution is -2.64. The molecule has 0 aromatic rings. The molecule has 0 bridgehead atoms. The van der Waals surface area contributed by atoms with Crippen LogP contribution in [0.2, 0.25) is 0 Å². The van der Waals surface area contributed by atoms with E-state index in [4.69, 9.17) is 14.2 Å². The second-order valence-electron chi connectivity index (χ2n) is 3.85. The van der Waals surface area contributed by atoms with E-state index in [1.165, 1.54) is 4.72 Å². The molecule has 1 saturated heterocycles. The van der Waals surface area contributed by atoms with Crippen LogP contribution in [0.25, 0.3) is 0 Å². The second kappa shape index (κ2) is 6.14. The van der Waals surface area contributed by atoms with Gasteiger partial charge in [0, 0.05) is 0 Å². The Bertz CT molecular complexity index is 529. The van der Waals surface area contributed by atoms with Crippen LogP contribution in [-0.2, 0) is 29.6 Å². The average Bonchev–Trinajstić information content (AvgIpc) is 2.25. The van der Waals surface area contributed by atoms with Crippen LogP contribution >= 0.6 is 0 Å². The molecule has 1 unspecified atom stereocenters. The van der Waals surface area contributed by atoms with E-state index < -0.39 is 58.0 Å². The van der Waals surface area contributed by atoms with Crippen molar-refractivity contribution in [2.24, 2.45) is 0 Å².